The van der Waals surface area contributed by atoms with Crippen LogP contribution in [0.1, 0.15) is 32.1 Å². The van der Waals surface area contributed by atoms with E-state index in [1.54, 1.807) is 0 Å². The van der Waals surface area contributed by atoms with E-state index in [2.05, 4.69) is 4.90 Å². The quantitative estimate of drug-likeness (QED) is 0.697. The Bertz CT molecular complexity index is 148. The largest absolute Gasteiger partial charge is 0.330 e. The summed E-state index contributed by atoms with van der Waals surface area (Å²) >= 11 is 0. The van der Waals surface area contributed by atoms with Gasteiger partial charge in [0.1, 0.15) is 0 Å². The van der Waals surface area contributed by atoms with E-state index < -0.39 is 0 Å². The van der Waals surface area contributed by atoms with Gasteiger partial charge in [-0.25, -0.2) is 0 Å². The smallest absolute Gasteiger partial charge is 0.00221 e. The van der Waals surface area contributed by atoms with E-state index >= 15 is 0 Å². The van der Waals surface area contributed by atoms with Crippen molar-refractivity contribution in [2.24, 2.45) is 17.6 Å². The van der Waals surface area contributed by atoms with E-state index in [0.717, 1.165) is 18.4 Å². The van der Waals surface area contributed by atoms with Gasteiger partial charge < -0.3 is 10.6 Å². The highest BCUT2D eigenvalue weighted by Gasteiger charge is 2.29. The summed E-state index contributed by atoms with van der Waals surface area (Å²) in [4.78, 5) is 2.63. The molecule has 1 saturated heterocycles. The molecule has 2 fully saturated rings. The minimum absolute atomic E-state index is 0.874. The third-order valence-corrected chi connectivity index (χ3v) is 3.59. The lowest BCUT2D eigenvalue weighted by atomic mass is 9.83. The third-order valence-electron chi connectivity index (χ3n) is 3.59. The Morgan fingerprint density at radius 3 is 2.46 bits per heavy atom. The van der Waals surface area contributed by atoms with E-state index in [0.29, 0.717) is 0 Å². The Kier molecular flexibility index (Phi) is 3.23. The molecular weight excluding hydrogens is 160 g/mol. The van der Waals surface area contributed by atoms with Gasteiger partial charge in [0, 0.05) is 19.6 Å². The second kappa shape index (κ2) is 4.43. The van der Waals surface area contributed by atoms with Gasteiger partial charge in [-0.1, -0.05) is 6.42 Å². The molecule has 2 rings (SSSR count). The van der Waals surface area contributed by atoms with Crippen LogP contribution < -0.4 is 5.73 Å². The van der Waals surface area contributed by atoms with Gasteiger partial charge in [0.25, 0.3) is 0 Å². The Labute approximate surface area is 81.5 Å². The standard InChI is InChI=1S/C11H22N2/c12-6-2-5-11-8-13(9-11)7-10-3-1-4-10/h10-11H,1-9,12H2. The fraction of sp³-hybridized carbons (Fsp3) is 1.00. The van der Waals surface area contributed by atoms with Crippen LogP contribution in [0.5, 0.6) is 0 Å². The number of hydrogen-bond acceptors (Lipinski definition) is 2. The molecule has 0 spiro atoms. The fourth-order valence-corrected chi connectivity index (χ4v) is 2.46. The van der Waals surface area contributed by atoms with E-state index in [4.69, 9.17) is 5.73 Å². The Hall–Kier alpha value is -0.0800. The maximum Gasteiger partial charge on any atom is 0.00221 e. The summed E-state index contributed by atoms with van der Waals surface area (Å²) in [6, 6.07) is 0. The van der Waals surface area contributed by atoms with Crippen LogP contribution in [-0.4, -0.2) is 31.1 Å². The van der Waals surface area contributed by atoms with Crippen molar-refractivity contribution in [3.63, 3.8) is 0 Å². The minimum Gasteiger partial charge on any atom is -0.330 e. The third kappa shape index (κ3) is 2.44. The van der Waals surface area contributed by atoms with E-state index in [1.165, 1.54) is 51.7 Å². The van der Waals surface area contributed by atoms with Gasteiger partial charge in [0.05, 0.1) is 0 Å². The van der Waals surface area contributed by atoms with Gasteiger partial charge in [-0.05, 0) is 44.1 Å². The van der Waals surface area contributed by atoms with Gasteiger partial charge >= 0.3 is 0 Å². The highest BCUT2D eigenvalue weighted by Crippen LogP contribution is 2.30. The summed E-state index contributed by atoms with van der Waals surface area (Å²) in [5.74, 6) is 2.03. The molecule has 76 valence electrons. The first-order chi connectivity index (χ1) is 6.38. The van der Waals surface area contributed by atoms with Crippen LogP contribution in [0.25, 0.3) is 0 Å². The second-order valence-corrected chi connectivity index (χ2v) is 4.81. The van der Waals surface area contributed by atoms with Crippen molar-refractivity contribution in [2.45, 2.75) is 32.1 Å². The van der Waals surface area contributed by atoms with Gasteiger partial charge in [0.2, 0.25) is 0 Å². The fourth-order valence-electron chi connectivity index (χ4n) is 2.46. The maximum atomic E-state index is 5.49. The Morgan fingerprint density at radius 1 is 1.15 bits per heavy atom. The molecule has 0 atom stereocenters. The van der Waals surface area contributed by atoms with E-state index in [9.17, 15) is 0 Å². The summed E-state index contributed by atoms with van der Waals surface area (Å²) in [7, 11) is 0. The van der Waals surface area contributed by atoms with Crippen molar-refractivity contribution in [3.8, 4) is 0 Å². The summed E-state index contributed by atoms with van der Waals surface area (Å²) in [5, 5.41) is 0. The molecule has 0 unspecified atom stereocenters. The number of hydrogen-bond donors (Lipinski definition) is 1. The van der Waals surface area contributed by atoms with Crippen LogP contribution in [0.2, 0.25) is 0 Å². The van der Waals surface area contributed by atoms with Crippen molar-refractivity contribution in [2.75, 3.05) is 26.2 Å². The maximum absolute atomic E-state index is 5.49. The molecule has 2 heteroatoms. The molecule has 1 aliphatic carbocycles. The predicted molar refractivity (Wildman–Crippen MR) is 55.6 cm³/mol. The predicted octanol–water partition coefficient (Wildman–Crippen LogP) is 1.46. The topological polar surface area (TPSA) is 29.3 Å². The van der Waals surface area contributed by atoms with Crippen LogP contribution >= 0.6 is 0 Å². The number of nitrogens with two attached hydrogens (primary N) is 1. The summed E-state index contributed by atoms with van der Waals surface area (Å²) in [6.45, 7) is 4.98. The second-order valence-electron chi connectivity index (χ2n) is 4.81. The number of likely N-dealkylation sites (tertiary alicyclic amines) is 1. The number of nitrogens with zero attached hydrogens (tertiary/aromatic N) is 1. The lowest BCUT2D eigenvalue weighted by molar-refractivity contribution is 0.0586. The van der Waals surface area contributed by atoms with Crippen LogP contribution in [0, 0.1) is 11.8 Å². The van der Waals surface area contributed by atoms with Gasteiger partial charge in [-0.3, -0.25) is 0 Å². The monoisotopic (exact) mass is 182 g/mol. The molecular formula is C11H22N2. The molecule has 0 aromatic carbocycles. The number of rotatable bonds is 5. The highest BCUT2D eigenvalue weighted by atomic mass is 15.2. The van der Waals surface area contributed by atoms with Crippen molar-refractivity contribution in [3.05, 3.63) is 0 Å². The van der Waals surface area contributed by atoms with Crippen molar-refractivity contribution < 1.29 is 0 Å². The lowest BCUT2D eigenvalue weighted by Gasteiger charge is -2.43. The molecule has 2 aliphatic rings. The minimum atomic E-state index is 0.874. The van der Waals surface area contributed by atoms with Crippen LogP contribution in [0.4, 0.5) is 0 Å². The van der Waals surface area contributed by atoms with E-state index in [-0.39, 0.29) is 0 Å². The average molecular weight is 182 g/mol. The molecule has 13 heavy (non-hydrogen) atoms. The van der Waals surface area contributed by atoms with Crippen molar-refractivity contribution >= 4 is 0 Å². The van der Waals surface area contributed by atoms with Crippen LogP contribution in [0.3, 0.4) is 0 Å². The summed E-state index contributed by atoms with van der Waals surface area (Å²) in [5.41, 5.74) is 5.49. The SMILES string of the molecule is NCCCC1CN(CC2CCC2)C1. The summed E-state index contributed by atoms with van der Waals surface area (Å²) < 4.78 is 0. The lowest BCUT2D eigenvalue weighted by Crippen LogP contribution is -2.49. The highest BCUT2D eigenvalue weighted by molar-refractivity contribution is 4.83. The van der Waals surface area contributed by atoms with Crippen LogP contribution in [-0.2, 0) is 0 Å². The molecule has 0 radical (unpaired) electrons. The Balaban J connectivity index is 1.51. The first-order valence-electron chi connectivity index (χ1n) is 5.81. The molecule has 1 saturated carbocycles. The zero-order chi connectivity index (χ0) is 9.10. The first kappa shape index (κ1) is 9.47. The molecule has 1 heterocycles. The zero-order valence-corrected chi connectivity index (χ0v) is 8.54. The summed E-state index contributed by atoms with van der Waals surface area (Å²) in [6.07, 6.45) is 7.04. The van der Waals surface area contributed by atoms with Crippen molar-refractivity contribution in [1.82, 2.24) is 4.90 Å². The molecule has 2 N–H and O–H groups in total. The average Bonchev–Trinajstić information content (AvgIpc) is 1.97. The molecule has 0 amide bonds. The van der Waals surface area contributed by atoms with Gasteiger partial charge in [-0.15, -0.1) is 0 Å². The zero-order valence-electron chi connectivity index (χ0n) is 8.54. The normalized spacial score (nSPS) is 25.6. The Morgan fingerprint density at radius 2 is 1.92 bits per heavy atom. The molecule has 0 aromatic rings. The molecule has 1 aliphatic heterocycles. The molecule has 0 aromatic heterocycles. The molecule has 2 nitrogen and oxygen atoms in total. The van der Waals surface area contributed by atoms with E-state index in [1.807, 2.05) is 0 Å². The molecule has 0 bridgehead atoms. The van der Waals surface area contributed by atoms with Crippen LogP contribution in [0.15, 0.2) is 0 Å². The van der Waals surface area contributed by atoms with Crippen molar-refractivity contribution in [1.29, 1.82) is 0 Å². The first-order valence-corrected chi connectivity index (χ1v) is 5.81. The van der Waals surface area contributed by atoms with Gasteiger partial charge in [-0.2, -0.15) is 0 Å². The van der Waals surface area contributed by atoms with Gasteiger partial charge in [0.15, 0.2) is 0 Å².